The van der Waals surface area contributed by atoms with Crippen molar-refractivity contribution < 1.29 is 20.1 Å². The van der Waals surface area contributed by atoms with Gasteiger partial charge < -0.3 is 20.1 Å². The van der Waals surface area contributed by atoms with Gasteiger partial charge in [-0.15, -0.1) is 5.53 Å². The second-order valence-electron chi connectivity index (χ2n) is 2.65. The zero-order valence-corrected chi connectivity index (χ0v) is 6.66. The van der Waals surface area contributed by atoms with Gasteiger partial charge in [-0.1, -0.05) is 0 Å². The van der Waals surface area contributed by atoms with Crippen molar-refractivity contribution in [1.29, 1.82) is 0 Å². The Morgan fingerprint density at radius 1 is 1.77 bits per heavy atom. The smallest absolute Gasteiger partial charge is 0.264 e. The summed E-state index contributed by atoms with van der Waals surface area (Å²) in [7, 11) is 0. The summed E-state index contributed by atoms with van der Waals surface area (Å²) >= 11 is 0. The highest BCUT2D eigenvalue weighted by molar-refractivity contribution is 4.95. The fourth-order valence-electron chi connectivity index (χ4n) is 1.12. The van der Waals surface area contributed by atoms with Gasteiger partial charge in [-0.05, 0) is 5.22 Å². The first-order chi connectivity index (χ1) is 6.15. The maximum Gasteiger partial charge on any atom is 0.264 e. The molecule has 1 aliphatic rings. The largest absolute Gasteiger partial charge is 0.393 e. The van der Waals surface area contributed by atoms with Crippen LogP contribution in [0.4, 0.5) is 0 Å². The number of nitrogens with zero attached hydrogens (tertiary/aromatic N) is 3. The van der Waals surface area contributed by atoms with E-state index in [1.165, 1.54) is 0 Å². The first kappa shape index (κ1) is 10.0. The summed E-state index contributed by atoms with van der Waals surface area (Å²) in [5.41, 5.74) is 8.06. The molecule has 0 spiro atoms. The molecule has 0 aliphatic carbocycles. The number of hydrogen-bond acceptors (Lipinski definition) is 5. The third-order valence-corrected chi connectivity index (χ3v) is 1.89. The molecule has 0 unspecified atom stereocenters. The molecule has 0 aromatic rings. The van der Waals surface area contributed by atoms with Crippen molar-refractivity contribution in [3.63, 3.8) is 0 Å². The molecular weight excluding hydrogens is 180 g/mol. The first-order valence-corrected chi connectivity index (χ1v) is 3.59. The molecular formula is C5H10N4O4. The van der Waals surface area contributed by atoms with E-state index in [0.717, 1.165) is 0 Å². The van der Waals surface area contributed by atoms with Crippen molar-refractivity contribution in [3.8, 4) is 0 Å². The number of hydrogen-bond donors (Lipinski definition) is 4. The molecule has 0 amide bonds. The summed E-state index contributed by atoms with van der Waals surface area (Å²) in [6.45, 7) is -0.614. The zero-order chi connectivity index (χ0) is 9.90. The summed E-state index contributed by atoms with van der Waals surface area (Å²) in [5.74, 6) is 0. The molecule has 1 heterocycles. The highest BCUT2D eigenvalue weighted by Gasteiger charge is 2.53. The van der Waals surface area contributed by atoms with Crippen LogP contribution in [-0.2, 0) is 4.74 Å². The van der Waals surface area contributed by atoms with Crippen LogP contribution in [-0.4, -0.2) is 46.5 Å². The van der Waals surface area contributed by atoms with E-state index in [1.54, 1.807) is 0 Å². The Hall–Kier alpha value is -1.05. The van der Waals surface area contributed by atoms with Crippen LogP contribution >= 0.6 is 0 Å². The topological polar surface area (TPSA) is 131 Å². The van der Waals surface area contributed by atoms with Crippen molar-refractivity contribution in [2.24, 2.45) is 5.22 Å². The number of nitrogens with one attached hydrogen (secondary N) is 1. The van der Waals surface area contributed by atoms with Crippen LogP contribution in [0, 0.1) is 0 Å². The van der Waals surface area contributed by atoms with E-state index >= 15 is 0 Å². The molecule has 13 heavy (non-hydrogen) atoms. The SMILES string of the molecule is [N-]=[N+]=NN[C@@]1(O)[C@@H](O)CO[C@@H]1CO. The molecule has 0 aromatic carbocycles. The van der Waals surface area contributed by atoms with Gasteiger partial charge in [0.15, 0.2) is 6.10 Å². The minimum absolute atomic E-state index is 0.129. The zero-order valence-electron chi connectivity index (χ0n) is 6.66. The summed E-state index contributed by atoms with van der Waals surface area (Å²) in [6.07, 6.45) is -2.25. The van der Waals surface area contributed by atoms with Crippen molar-refractivity contribution in [2.75, 3.05) is 13.2 Å². The van der Waals surface area contributed by atoms with Gasteiger partial charge in [-0.25, -0.2) is 5.43 Å². The van der Waals surface area contributed by atoms with Crippen LogP contribution in [0.25, 0.3) is 10.4 Å². The predicted molar refractivity (Wildman–Crippen MR) is 40.1 cm³/mol. The number of azide groups is 1. The van der Waals surface area contributed by atoms with E-state index < -0.39 is 24.5 Å². The molecule has 1 fully saturated rings. The molecule has 0 saturated carbocycles. The van der Waals surface area contributed by atoms with Crippen molar-refractivity contribution in [2.45, 2.75) is 17.9 Å². The van der Waals surface area contributed by atoms with Gasteiger partial charge in [0.25, 0.3) is 5.72 Å². The number of aliphatic hydroxyl groups is 3. The molecule has 3 atom stereocenters. The van der Waals surface area contributed by atoms with E-state index in [2.05, 4.69) is 10.1 Å². The van der Waals surface area contributed by atoms with Crippen LogP contribution in [0.15, 0.2) is 5.22 Å². The lowest BCUT2D eigenvalue weighted by Gasteiger charge is -2.25. The van der Waals surface area contributed by atoms with E-state index in [1.807, 2.05) is 5.43 Å². The van der Waals surface area contributed by atoms with Crippen LogP contribution in [0.2, 0.25) is 0 Å². The van der Waals surface area contributed by atoms with Crippen LogP contribution < -0.4 is 5.43 Å². The average molecular weight is 190 g/mol. The molecule has 1 rings (SSSR count). The maximum absolute atomic E-state index is 9.64. The van der Waals surface area contributed by atoms with Gasteiger partial charge in [0.2, 0.25) is 0 Å². The molecule has 1 aliphatic heterocycles. The number of aliphatic hydroxyl groups excluding tert-OH is 2. The lowest BCUT2D eigenvalue weighted by molar-refractivity contribution is -0.114. The molecule has 0 bridgehead atoms. The Morgan fingerprint density at radius 3 is 3.00 bits per heavy atom. The Kier molecular flexibility index (Phi) is 2.91. The van der Waals surface area contributed by atoms with Crippen LogP contribution in [0.3, 0.4) is 0 Å². The fourth-order valence-corrected chi connectivity index (χ4v) is 1.12. The van der Waals surface area contributed by atoms with E-state index in [9.17, 15) is 10.2 Å². The quantitative estimate of drug-likeness (QED) is 0.138. The lowest BCUT2D eigenvalue weighted by atomic mass is 10.1. The van der Waals surface area contributed by atoms with E-state index in [-0.39, 0.29) is 6.61 Å². The Morgan fingerprint density at radius 2 is 2.46 bits per heavy atom. The number of ether oxygens (including phenoxy) is 1. The Bertz CT molecular complexity index is 231. The van der Waals surface area contributed by atoms with Crippen molar-refractivity contribution in [3.05, 3.63) is 10.4 Å². The van der Waals surface area contributed by atoms with Gasteiger partial charge in [0.1, 0.15) is 6.10 Å². The van der Waals surface area contributed by atoms with Gasteiger partial charge in [-0.3, -0.25) is 0 Å². The highest BCUT2D eigenvalue weighted by Crippen LogP contribution is 2.23. The standard InChI is InChI=1S/C5H10N4O4/c6-8-9-7-5(12)3(11)2-13-4(5)1-10/h3-4,7,10-12H,1-2H2/t3-,4+,5+/m0/s1. The second kappa shape index (κ2) is 3.77. The summed E-state index contributed by atoms with van der Waals surface area (Å²) in [6, 6.07) is 0. The summed E-state index contributed by atoms with van der Waals surface area (Å²) in [4.78, 5) is 2.35. The van der Waals surface area contributed by atoms with Gasteiger partial charge >= 0.3 is 0 Å². The third-order valence-electron chi connectivity index (χ3n) is 1.89. The van der Waals surface area contributed by atoms with Crippen LogP contribution in [0.1, 0.15) is 0 Å². The normalized spacial score (nSPS) is 38.4. The molecule has 74 valence electrons. The molecule has 0 radical (unpaired) electrons. The lowest BCUT2D eigenvalue weighted by Crippen LogP contribution is -2.57. The molecule has 4 N–H and O–H groups in total. The Balaban J connectivity index is 2.75. The van der Waals surface area contributed by atoms with E-state index in [4.69, 9.17) is 15.4 Å². The third kappa shape index (κ3) is 1.67. The van der Waals surface area contributed by atoms with Gasteiger partial charge in [0, 0.05) is 0 Å². The monoisotopic (exact) mass is 190 g/mol. The number of rotatable bonds is 3. The van der Waals surface area contributed by atoms with Crippen LogP contribution in [0.5, 0.6) is 0 Å². The fraction of sp³-hybridized carbons (Fsp3) is 1.00. The minimum atomic E-state index is -1.92. The first-order valence-electron chi connectivity index (χ1n) is 3.59. The molecule has 8 heteroatoms. The Labute approximate surface area is 73.3 Å². The van der Waals surface area contributed by atoms with E-state index in [0.29, 0.717) is 0 Å². The van der Waals surface area contributed by atoms with Crippen molar-refractivity contribution >= 4 is 0 Å². The van der Waals surface area contributed by atoms with Gasteiger partial charge in [0.05, 0.1) is 13.2 Å². The summed E-state index contributed by atoms with van der Waals surface area (Å²) in [5, 5.41) is 30.5. The predicted octanol–water partition coefficient (Wildman–Crippen LogP) is -1.76. The molecule has 8 nitrogen and oxygen atoms in total. The highest BCUT2D eigenvalue weighted by atomic mass is 16.6. The molecule has 0 aromatic heterocycles. The second-order valence-corrected chi connectivity index (χ2v) is 2.65. The average Bonchev–Trinajstić information content (AvgIpc) is 2.41. The van der Waals surface area contributed by atoms with Crippen molar-refractivity contribution in [1.82, 2.24) is 5.43 Å². The van der Waals surface area contributed by atoms with Gasteiger partial charge in [-0.2, -0.15) is 4.91 Å². The summed E-state index contributed by atoms with van der Waals surface area (Å²) < 4.78 is 4.83. The minimum Gasteiger partial charge on any atom is -0.393 e. The maximum atomic E-state index is 9.64. The molecule has 1 saturated heterocycles.